The van der Waals surface area contributed by atoms with Crippen LogP contribution in [0.3, 0.4) is 0 Å². The van der Waals surface area contributed by atoms with Gasteiger partial charge >= 0.3 is 0 Å². The molecule has 0 saturated heterocycles. The number of hydrogen-bond acceptors (Lipinski definition) is 3. The largest absolute Gasteiger partial charge is 0.380 e. The van der Waals surface area contributed by atoms with E-state index < -0.39 is 0 Å². The van der Waals surface area contributed by atoms with E-state index in [1.54, 1.807) is 7.11 Å². The second kappa shape index (κ2) is 6.76. The molecule has 0 bridgehead atoms. The smallest absolute Gasteiger partial charge is 0.0733 e. The maximum Gasteiger partial charge on any atom is 0.0733 e. The van der Waals surface area contributed by atoms with Crippen LogP contribution in [0, 0.1) is 13.8 Å². The summed E-state index contributed by atoms with van der Waals surface area (Å²) in [6, 6.07) is 8.48. The third-order valence-corrected chi connectivity index (χ3v) is 3.86. The quantitative estimate of drug-likeness (QED) is 0.877. The highest BCUT2D eigenvalue weighted by Crippen LogP contribution is 2.27. The van der Waals surface area contributed by atoms with Gasteiger partial charge in [-0.25, -0.2) is 0 Å². The molecule has 21 heavy (non-hydrogen) atoms. The van der Waals surface area contributed by atoms with Crippen molar-refractivity contribution in [1.29, 1.82) is 0 Å². The van der Waals surface area contributed by atoms with Gasteiger partial charge in [0.25, 0.3) is 0 Å². The summed E-state index contributed by atoms with van der Waals surface area (Å²) in [6.45, 7) is 10.0. The molecule has 4 heteroatoms. The predicted molar refractivity (Wildman–Crippen MR) is 86.6 cm³/mol. The van der Waals surface area contributed by atoms with Crippen LogP contribution in [0.25, 0.3) is 0 Å². The summed E-state index contributed by atoms with van der Waals surface area (Å²) in [5.41, 5.74) is 5.90. The molecular formula is C17H25N3O. The SMILES string of the molecule is CCn1nc(C)c(C(C)Nc2ccccc2COC)c1C. The van der Waals surface area contributed by atoms with E-state index in [2.05, 4.69) is 54.9 Å². The summed E-state index contributed by atoms with van der Waals surface area (Å²) < 4.78 is 7.33. The van der Waals surface area contributed by atoms with Crippen molar-refractivity contribution in [1.82, 2.24) is 9.78 Å². The molecule has 0 saturated carbocycles. The van der Waals surface area contributed by atoms with Gasteiger partial charge in [-0.05, 0) is 33.8 Å². The molecule has 0 spiro atoms. The number of para-hydroxylation sites is 1. The first-order chi connectivity index (χ1) is 10.1. The zero-order valence-electron chi connectivity index (χ0n) is 13.6. The summed E-state index contributed by atoms with van der Waals surface area (Å²) in [6.07, 6.45) is 0. The molecule has 114 valence electrons. The van der Waals surface area contributed by atoms with Crippen LogP contribution in [0.4, 0.5) is 5.69 Å². The normalized spacial score (nSPS) is 12.4. The molecule has 0 aliphatic rings. The molecule has 2 rings (SSSR count). The molecule has 1 aromatic carbocycles. The number of methoxy groups -OCH3 is 1. The van der Waals surface area contributed by atoms with E-state index in [0.29, 0.717) is 6.61 Å². The van der Waals surface area contributed by atoms with Crippen molar-refractivity contribution in [2.45, 2.75) is 46.9 Å². The van der Waals surface area contributed by atoms with Crippen molar-refractivity contribution in [3.8, 4) is 0 Å². The summed E-state index contributed by atoms with van der Waals surface area (Å²) >= 11 is 0. The number of rotatable bonds is 6. The van der Waals surface area contributed by atoms with Crippen molar-refractivity contribution in [3.05, 3.63) is 46.8 Å². The van der Waals surface area contributed by atoms with E-state index in [1.807, 2.05) is 12.1 Å². The Morgan fingerprint density at radius 2 is 2.00 bits per heavy atom. The fourth-order valence-corrected chi connectivity index (χ4v) is 2.89. The molecule has 0 radical (unpaired) electrons. The number of nitrogens with one attached hydrogen (secondary N) is 1. The van der Waals surface area contributed by atoms with Gasteiger partial charge in [-0.2, -0.15) is 5.10 Å². The number of nitrogens with zero attached hydrogens (tertiary/aromatic N) is 2. The summed E-state index contributed by atoms with van der Waals surface area (Å²) in [5, 5.41) is 8.20. The Bertz CT molecular complexity index is 604. The van der Waals surface area contributed by atoms with Gasteiger partial charge in [0.1, 0.15) is 0 Å². The molecule has 0 amide bonds. The molecule has 4 nitrogen and oxygen atoms in total. The third kappa shape index (κ3) is 3.27. The van der Waals surface area contributed by atoms with E-state index in [0.717, 1.165) is 17.9 Å². The average Bonchev–Trinajstić information content (AvgIpc) is 2.75. The fourth-order valence-electron chi connectivity index (χ4n) is 2.89. The highest BCUT2D eigenvalue weighted by molar-refractivity contribution is 5.53. The zero-order valence-corrected chi connectivity index (χ0v) is 13.6. The number of ether oxygens (including phenoxy) is 1. The molecule has 0 aliphatic heterocycles. The predicted octanol–water partition coefficient (Wildman–Crippen LogP) is 3.84. The van der Waals surface area contributed by atoms with E-state index in [4.69, 9.17) is 4.74 Å². The number of anilines is 1. The van der Waals surface area contributed by atoms with Crippen LogP contribution in [-0.4, -0.2) is 16.9 Å². The molecule has 0 fully saturated rings. The Hall–Kier alpha value is -1.81. The van der Waals surface area contributed by atoms with Gasteiger partial charge in [0, 0.05) is 36.2 Å². The molecule has 1 unspecified atom stereocenters. The highest BCUT2D eigenvalue weighted by Gasteiger charge is 2.17. The van der Waals surface area contributed by atoms with Crippen molar-refractivity contribution in [2.75, 3.05) is 12.4 Å². The molecule has 1 N–H and O–H groups in total. The van der Waals surface area contributed by atoms with Crippen LogP contribution in [0.1, 0.15) is 42.4 Å². The molecular weight excluding hydrogens is 262 g/mol. The van der Waals surface area contributed by atoms with Crippen LogP contribution >= 0.6 is 0 Å². The van der Waals surface area contributed by atoms with E-state index in [-0.39, 0.29) is 6.04 Å². The maximum absolute atomic E-state index is 5.27. The minimum Gasteiger partial charge on any atom is -0.380 e. The van der Waals surface area contributed by atoms with Gasteiger partial charge in [-0.3, -0.25) is 4.68 Å². The molecule has 1 aromatic heterocycles. The number of benzene rings is 1. The lowest BCUT2D eigenvalue weighted by atomic mass is 10.1. The molecule has 0 aliphatic carbocycles. The first kappa shape index (κ1) is 15.6. The van der Waals surface area contributed by atoms with Gasteiger partial charge < -0.3 is 10.1 Å². The lowest BCUT2D eigenvalue weighted by Gasteiger charge is -2.19. The Kier molecular flexibility index (Phi) is 5.02. The zero-order chi connectivity index (χ0) is 15.4. The maximum atomic E-state index is 5.27. The van der Waals surface area contributed by atoms with Crippen LogP contribution < -0.4 is 5.32 Å². The molecule has 1 atom stereocenters. The standard InChI is InChI=1S/C17H25N3O/c1-6-20-14(4)17(13(3)19-20)12(2)18-16-10-8-7-9-15(16)11-21-5/h7-10,12,18H,6,11H2,1-5H3. The lowest BCUT2D eigenvalue weighted by molar-refractivity contribution is 0.185. The van der Waals surface area contributed by atoms with Gasteiger partial charge in [-0.1, -0.05) is 18.2 Å². The van der Waals surface area contributed by atoms with Crippen molar-refractivity contribution < 1.29 is 4.74 Å². The van der Waals surface area contributed by atoms with Gasteiger partial charge in [0.05, 0.1) is 18.3 Å². The van der Waals surface area contributed by atoms with Crippen molar-refractivity contribution in [2.24, 2.45) is 0 Å². The number of hydrogen-bond donors (Lipinski definition) is 1. The Morgan fingerprint density at radius 3 is 2.62 bits per heavy atom. The minimum absolute atomic E-state index is 0.211. The molecule has 2 aromatic rings. The van der Waals surface area contributed by atoms with Crippen molar-refractivity contribution in [3.63, 3.8) is 0 Å². The minimum atomic E-state index is 0.211. The Labute approximate surface area is 127 Å². The first-order valence-electron chi connectivity index (χ1n) is 7.45. The van der Waals surface area contributed by atoms with Gasteiger partial charge in [0.2, 0.25) is 0 Å². The van der Waals surface area contributed by atoms with Crippen LogP contribution in [-0.2, 0) is 17.9 Å². The van der Waals surface area contributed by atoms with Crippen LogP contribution in [0.5, 0.6) is 0 Å². The average molecular weight is 287 g/mol. The van der Waals surface area contributed by atoms with Crippen molar-refractivity contribution >= 4 is 5.69 Å². The van der Waals surface area contributed by atoms with E-state index >= 15 is 0 Å². The third-order valence-electron chi connectivity index (χ3n) is 3.86. The Balaban J connectivity index is 2.26. The van der Waals surface area contributed by atoms with E-state index in [1.165, 1.54) is 16.8 Å². The first-order valence-corrected chi connectivity index (χ1v) is 7.45. The Morgan fingerprint density at radius 1 is 1.29 bits per heavy atom. The topological polar surface area (TPSA) is 39.1 Å². The molecule has 1 heterocycles. The van der Waals surface area contributed by atoms with Gasteiger partial charge in [0.15, 0.2) is 0 Å². The summed E-state index contributed by atoms with van der Waals surface area (Å²) in [7, 11) is 1.72. The summed E-state index contributed by atoms with van der Waals surface area (Å²) in [4.78, 5) is 0. The highest BCUT2D eigenvalue weighted by atomic mass is 16.5. The second-order valence-electron chi connectivity index (χ2n) is 5.36. The lowest BCUT2D eigenvalue weighted by Crippen LogP contribution is -2.11. The van der Waals surface area contributed by atoms with Gasteiger partial charge in [-0.15, -0.1) is 0 Å². The number of aromatic nitrogens is 2. The number of aryl methyl sites for hydroxylation is 2. The fraction of sp³-hybridized carbons (Fsp3) is 0.471. The summed E-state index contributed by atoms with van der Waals surface area (Å²) in [5.74, 6) is 0. The van der Waals surface area contributed by atoms with E-state index in [9.17, 15) is 0 Å². The monoisotopic (exact) mass is 287 g/mol. The van der Waals surface area contributed by atoms with Crippen LogP contribution in [0.15, 0.2) is 24.3 Å². The second-order valence-corrected chi connectivity index (χ2v) is 5.36. The van der Waals surface area contributed by atoms with Crippen LogP contribution in [0.2, 0.25) is 0 Å².